The van der Waals surface area contributed by atoms with Gasteiger partial charge in [-0.15, -0.1) is 0 Å². The summed E-state index contributed by atoms with van der Waals surface area (Å²) in [6.45, 7) is 8.89. The van der Waals surface area contributed by atoms with E-state index in [1.54, 1.807) is 12.4 Å². The first-order valence-corrected chi connectivity index (χ1v) is 5.02. The Morgan fingerprint density at radius 1 is 1.71 bits per heavy atom. The summed E-state index contributed by atoms with van der Waals surface area (Å²) in [4.78, 5) is 3.96. The summed E-state index contributed by atoms with van der Waals surface area (Å²) in [6.07, 6.45) is 3.40. The lowest BCUT2D eigenvalue weighted by Crippen LogP contribution is -2.21. The first-order valence-electron chi connectivity index (χ1n) is 4.65. The first kappa shape index (κ1) is 11.2. The third-order valence-electron chi connectivity index (χ3n) is 2.02. The average molecular weight is 211 g/mol. The van der Waals surface area contributed by atoms with Crippen LogP contribution < -0.4 is 5.32 Å². The predicted octanol–water partition coefficient (Wildman–Crippen LogP) is 2.96. The van der Waals surface area contributed by atoms with Gasteiger partial charge in [0.25, 0.3) is 0 Å². The normalized spacial score (nSPS) is 12.5. The molecule has 1 atom stereocenters. The van der Waals surface area contributed by atoms with Crippen molar-refractivity contribution in [3.8, 4) is 0 Å². The van der Waals surface area contributed by atoms with Gasteiger partial charge in [0, 0.05) is 12.4 Å². The molecule has 0 saturated heterocycles. The maximum atomic E-state index is 6.06. The summed E-state index contributed by atoms with van der Waals surface area (Å²) in [5.41, 5.74) is 2.09. The number of pyridine rings is 1. The molecular formula is C11H15ClN2. The van der Waals surface area contributed by atoms with Crippen LogP contribution in [0.25, 0.3) is 0 Å². The van der Waals surface area contributed by atoms with Crippen molar-refractivity contribution >= 4 is 11.6 Å². The van der Waals surface area contributed by atoms with Gasteiger partial charge < -0.3 is 5.32 Å². The third kappa shape index (κ3) is 2.56. The molecule has 0 aliphatic carbocycles. The van der Waals surface area contributed by atoms with Crippen LogP contribution in [0.5, 0.6) is 0 Å². The fourth-order valence-corrected chi connectivity index (χ4v) is 1.60. The molecule has 0 spiro atoms. The van der Waals surface area contributed by atoms with Crippen molar-refractivity contribution in [1.29, 1.82) is 0 Å². The fraction of sp³-hybridized carbons (Fsp3) is 0.364. The van der Waals surface area contributed by atoms with E-state index in [0.29, 0.717) is 5.02 Å². The Bertz CT molecular complexity index is 323. The molecule has 0 aromatic carbocycles. The lowest BCUT2D eigenvalue weighted by Gasteiger charge is -2.19. The number of likely N-dealkylation sites (N-methyl/N-ethyl adjacent to an activating group) is 1. The van der Waals surface area contributed by atoms with Gasteiger partial charge in [-0.1, -0.05) is 30.7 Å². The molecular weight excluding hydrogens is 196 g/mol. The maximum absolute atomic E-state index is 6.06. The molecule has 1 aromatic heterocycles. The highest BCUT2D eigenvalue weighted by molar-refractivity contribution is 6.31. The number of hydrogen-bond donors (Lipinski definition) is 1. The van der Waals surface area contributed by atoms with Crippen molar-refractivity contribution in [3.05, 3.63) is 41.2 Å². The topological polar surface area (TPSA) is 24.9 Å². The fourth-order valence-electron chi connectivity index (χ4n) is 1.37. The zero-order chi connectivity index (χ0) is 10.6. The molecule has 1 rings (SSSR count). The van der Waals surface area contributed by atoms with Crippen molar-refractivity contribution < 1.29 is 0 Å². The molecule has 1 N–H and O–H groups in total. The van der Waals surface area contributed by atoms with Gasteiger partial charge in [0.05, 0.1) is 11.1 Å². The van der Waals surface area contributed by atoms with E-state index in [1.807, 2.05) is 13.0 Å². The van der Waals surface area contributed by atoms with Crippen molar-refractivity contribution in [2.45, 2.75) is 19.9 Å². The van der Waals surface area contributed by atoms with E-state index >= 15 is 0 Å². The third-order valence-corrected chi connectivity index (χ3v) is 2.33. The predicted molar refractivity (Wildman–Crippen MR) is 60.5 cm³/mol. The van der Waals surface area contributed by atoms with Crippen LogP contribution in [0.15, 0.2) is 30.6 Å². The summed E-state index contributed by atoms with van der Waals surface area (Å²) in [5.74, 6) is 0. The molecule has 0 radical (unpaired) electrons. The van der Waals surface area contributed by atoms with Gasteiger partial charge in [-0.3, -0.25) is 4.98 Å². The molecule has 0 bridgehead atoms. The second-order valence-electron chi connectivity index (χ2n) is 3.23. The standard InChI is InChI=1S/C11H15ClN2/c1-4-14-11(8(2)3)9-5-6-13-7-10(9)12/h5-7,11,14H,2,4H2,1,3H3. The van der Waals surface area contributed by atoms with E-state index in [0.717, 1.165) is 17.7 Å². The summed E-state index contributed by atoms with van der Waals surface area (Å²) < 4.78 is 0. The Balaban J connectivity index is 2.99. The van der Waals surface area contributed by atoms with E-state index in [1.165, 1.54) is 0 Å². The van der Waals surface area contributed by atoms with E-state index in [9.17, 15) is 0 Å². The Morgan fingerprint density at radius 2 is 2.43 bits per heavy atom. The monoisotopic (exact) mass is 210 g/mol. The Hall–Kier alpha value is -0.860. The van der Waals surface area contributed by atoms with Crippen molar-refractivity contribution in [3.63, 3.8) is 0 Å². The number of nitrogens with one attached hydrogen (secondary N) is 1. The van der Waals surface area contributed by atoms with Crippen molar-refractivity contribution in [1.82, 2.24) is 10.3 Å². The SMILES string of the molecule is C=C(C)C(NCC)c1ccncc1Cl. The van der Waals surface area contributed by atoms with Gasteiger partial charge in [0.1, 0.15) is 0 Å². The molecule has 76 valence electrons. The summed E-state index contributed by atoms with van der Waals surface area (Å²) in [7, 11) is 0. The Labute approximate surface area is 90.0 Å². The Kier molecular flexibility index (Phi) is 4.11. The van der Waals surface area contributed by atoms with Crippen LogP contribution in [0.1, 0.15) is 25.5 Å². The maximum Gasteiger partial charge on any atom is 0.0640 e. The second kappa shape index (κ2) is 5.13. The van der Waals surface area contributed by atoms with Crippen LogP contribution in [0.2, 0.25) is 5.02 Å². The van der Waals surface area contributed by atoms with Gasteiger partial charge in [-0.2, -0.15) is 0 Å². The summed E-state index contributed by atoms with van der Waals surface area (Å²) in [6, 6.07) is 2.04. The van der Waals surface area contributed by atoms with Gasteiger partial charge in [0.2, 0.25) is 0 Å². The largest absolute Gasteiger partial charge is 0.307 e. The quantitative estimate of drug-likeness (QED) is 0.773. The van der Waals surface area contributed by atoms with Crippen LogP contribution >= 0.6 is 11.6 Å². The number of nitrogens with zero attached hydrogens (tertiary/aromatic N) is 1. The highest BCUT2D eigenvalue weighted by Gasteiger charge is 2.13. The van der Waals surface area contributed by atoms with Crippen LogP contribution in [0.3, 0.4) is 0 Å². The zero-order valence-electron chi connectivity index (χ0n) is 8.55. The van der Waals surface area contributed by atoms with Crippen molar-refractivity contribution in [2.75, 3.05) is 6.54 Å². The van der Waals surface area contributed by atoms with Gasteiger partial charge >= 0.3 is 0 Å². The van der Waals surface area contributed by atoms with E-state index in [2.05, 4.69) is 23.8 Å². The number of aromatic nitrogens is 1. The molecule has 3 heteroatoms. The highest BCUT2D eigenvalue weighted by atomic mass is 35.5. The average Bonchev–Trinajstić information content (AvgIpc) is 2.15. The number of rotatable bonds is 4. The van der Waals surface area contributed by atoms with E-state index < -0.39 is 0 Å². The molecule has 0 aliphatic heterocycles. The molecule has 0 amide bonds. The molecule has 1 aromatic rings. The van der Waals surface area contributed by atoms with E-state index in [4.69, 9.17) is 11.6 Å². The molecule has 14 heavy (non-hydrogen) atoms. The van der Waals surface area contributed by atoms with Crippen LogP contribution in [0, 0.1) is 0 Å². The second-order valence-corrected chi connectivity index (χ2v) is 3.64. The van der Waals surface area contributed by atoms with Crippen molar-refractivity contribution in [2.24, 2.45) is 0 Å². The molecule has 1 heterocycles. The number of halogens is 1. The Morgan fingerprint density at radius 3 is 2.93 bits per heavy atom. The molecule has 2 nitrogen and oxygen atoms in total. The van der Waals surface area contributed by atoms with Gasteiger partial charge in [-0.25, -0.2) is 0 Å². The number of hydrogen-bond acceptors (Lipinski definition) is 2. The molecule has 0 fully saturated rings. The summed E-state index contributed by atoms with van der Waals surface area (Å²) in [5, 5.41) is 4.01. The zero-order valence-corrected chi connectivity index (χ0v) is 9.30. The minimum absolute atomic E-state index is 0.121. The highest BCUT2D eigenvalue weighted by Crippen LogP contribution is 2.25. The van der Waals surface area contributed by atoms with Crippen LogP contribution in [-0.2, 0) is 0 Å². The lowest BCUT2D eigenvalue weighted by atomic mass is 10.0. The van der Waals surface area contributed by atoms with Gasteiger partial charge in [-0.05, 0) is 25.1 Å². The van der Waals surface area contributed by atoms with Gasteiger partial charge in [0.15, 0.2) is 0 Å². The molecule has 0 aliphatic rings. The minimum atomic E-state index is 0.121. The van der Waals surface area contributed by atoms with Crippen LogP contribution in [-0.4, -0.2) is 11.5 Å². The minimum Gasteiger partial charge on any atom is -0.307 e. The lowest BCUT2D eigenvalue weighted by molar-refractivity contribution is 0.621. The summed E-state index contributed by atoms with van der Waals surface area (Å²) >= 11 is 6.06. The molecule has 0 saturated carbocycles. The van der Waals surface area contributed by atoms with Crippen LogP contribution in [0.4, 0.5) is 0 Å². The first-order chi connectivity index (χ1) is 6.66. The smallest absolute Gasteiger partial charge is 0.0640 e. The molecule has 1 unspecified atom stereocenters. The van der Waals surface area contributed by atoms with E-state index in [-0.39, 0.29) is 6.04 Å².